The molecule has 0 bridgehead atoms. The van der Waals surface area contributed by atoms with Gasteiger partial charge in [-0.1, -0.05) is 46.3 Å². The topological polar surface area (TPSA) is 78.2 Å². The fourth-order valence-electron chi connectivity index (χ4n) is 2.84. The van der Waals surface area contributed by atoms with E-state index in [1.54, 1.807) is 12.2 Å². The molecular formula is C23H24BrN3O3. The number of nitrogens with zero attached hydrogens (tertiary/aromatic N) is 1. The SMILES string of the molecule is CN(C)CCCOc1ccc(/C=c2\[nH]c(=O)/c(=C/c3ccccc3Br)[nH]c2=O)cc1. The second-order valence-electron chi connectivity index (χ2n) is 7.12. The standard InChI is InChI=1S/C23H24BrN3O3/c1-27(2)12-5-13-30-18-10-8-16(9-11-18)14-20-22(28)26-21(23(29)25-20)15-17-6-3-4-7-19(17)24/h3-4,6-11,14-15H,5,12-13H2,1-2H3,(H,25,29)(H,26,28)/b20-14-,21-15-. The molecule has 0 saturated carbocycles. The van der Waals surface area contributed by atoms with E-state index in [4.69, 9.17) is 4.74 Å². The molecule has 2 N–H and O–H groups in total. The van der Waals surface area contributed by atoms with Crippen molar-refractivity contribution in [2.24, 2.45) is 0 Å². The van der Waals surface area contributed by atoms with Gasteiger partial charge in [0.1, 0.15) is 16.4 Å². The van der Waals surface area contributed by atoms with Crippen LogP contribution in [0.5, 0.6) is 5.75 Å². The minimum absolute atomic E-state index is 0.198. The summed E-state index contributed by atoms with van der Waals surface area (Å²) in [7, 11) is 4.06. The van der Waals surface area contributed by atoms with E-state index in [2.05, 4.69) is 30.8 Å². The van der Waals surface area contributed by atoms with Crippen LogP contribution in [0.15, 0.2) is 62.6 Å². The first kappa shape index (κ1) is 21.8. The molecule has 1 heterocycles. The van der Waals surface area contributed by atoms with Crippen molar-refractivity contribution < 1.29 is 4.74 Å². The number of hydrogen-bond acceptors (Lipinski definition) is 4. The maximum atomic E-state index is 12.5. The van der Waals surface area contributed by atoms with Crippen molar-refractivity contribution in [3.63, 3.8) is 0 Å². The van der Waals surface area contributed by atoms with Crippen LogP contribution in [-0.4, -0.2) is 42.1 Å². The smallest absolute Gasteiger partial charge is 0.272 e. The summed E-state index contributed by atoms with van der Waals surface area (Å²) in [6.07, 6.45) is 4.22. The Hall–Kier alpha value is -2.90. The molecule has 0 aliphatic heterocycles. The van der Waals surface area contributed by atoms with Crippen LogP contribution in [0.1, 0.15) is 17.5 Å². The van der Waals surface area contributed by atoms with Crippen LogP contribution in [0.25, 0.3) is 12.2 Å². The lowest BCUT2D eigenvalue weighted by molar-refractivity contribution is 0.281. The average molecular weight is 470 g/mol. The molecule has 156 valence electrons. The van der Waals surface area contributed by atoms with Crippen molar-refractivity contribution in [1.29, 1.82) is 0 Å². The largest absolute Gasteiger partial charge is 0.494 e. The van der Waals surface area contributed by atoms with Crippen molar-refractivity contribution in [3.8, 4) is 5.75 Å². The van der Waals surface area contributed by atoms with Gasteiger partial charge in [-0.3, -0.25) is 9.59 Å². The molecule has 0 amide bonds. The number of hydrogen-bond donors (Lipinski definition) is 2. The first-order chi connectivity index (χ1) is 14.4. The van der Waals surface area contributed by atoms with Gasteiger partial charge in [0.2, 0.25) is 0 Å². The van der Waals surface area contributed by atoms with Crippen LogP contribution < -0.4 is 26.6 Å². The molecule has 0 aliphatic rings. The Morgan fingerprint density at radius 2 is 1.57 bits per heavy atom. The molecule has 0 atom stereocenters. The summed E-state index contributed by atoms with van der Waals surface area (Å²) in [4.78, 5) is 32.3. The molecule has 0 fully saturated rings. The van der Waals surface area contributed by atoms with Crippen LogP contribution in [0.2, 0.25) is 0 Å². The summed E-state index contributed by atoms with van der Waals surface area (Å²) in [5, 5.41) is 0.398. The Morgan fingerprint density at radius 3 is 2.20 bits per heavy atom. The summed E-state index contributed by atoms with van der Waals surface area (Å²) < 4.78 is 6.55. The van der Waals surface area contributed by atoms with Gasteiger partial charge in [-0.25, -0.2) is 0 Å². The molecule has 6 nitrogen and oxygen atoms in total. The molecule has 0 unspecified atom stereocenters. The number of aromatic amines is 2. The molecule has 3 aromatic rings. The van der Waals surface area contributed by atoms with Crippen molar-refractivity contribution in [2.45, 2.75) is 6.42 Å². The average Bonchev–Trinajstić information content (AvgIpc) is 2.71. The fourth-order valence-corrected chi connectivity index (χ4v) is 3.24. The Balaban J connectivity index is 1.81. The van der Waals surface area contributed by atoms with Crippen LogP contribution in [-0.2, 0) is 0 Å². The lowest BCUT2D eigenvalue weighted by atomic mass is 10.2. The van der Waals surface area contributed by atoms with E-state index < -0.39 is 0 Å². The van der Waals surface area contributed by atoms with Gasteiger partial charge in [0, 0.05) is 11.0 Å². The minimum atomic E-state index is -0.364. The number of ether oxygens (including phenoxy) is 1. The second kappa shape index (κ2) is 10.2. The minimum Gasteiger partial charge on any atom is -0.494 e. The van der Waals surface area contributed by atoms with Gasteiger partial charge in [0.05, 0.1) is 6.61 Å². The quantitative estimate of drug-likeness (QED) is 0.517. The molecule has 0 spiro atoms. The molecular weight excluding hydrogens is 446 g/mol. The lowest BCUT2D eigenvalue weighted by Crippen LogP contribution is -2.46. The van der Waals surface area contributed by atoms with Gasteiger partial charge < -0.3 is 19.6 Å². The highest BCUT2D eigenvalue weighted by Crippen LogP contribution is 2.15. The number of halogens is 1. The van der Waals surface area contributed by atoms with E-state index in [0.29, 0.717) is 6.61 Å². The fraction of sp³-hybridized carbons (Fsp3) is 0.217. The molecule has 0 radical (unpaired) electrons. The van der Waals surface area contributed by atoms with Gasteiger partial charge in [-0.05, 0) is 62.0 Å². The van der Waals surface area contributed by atoms with Gasteiger partial charge in [-0.2, -0.15) is 0 Å². The van der Waals surface area contributed by atoms with Crippen molar-refractivity contribution in [2.75, 3.05) is 27.2 Å². The zero-order chi connectivity index (χ0) is 21.5. The van der Waals surface area contributed by atoms with Crippen LogP contribution in [0.4, 0.5) is 0 Å². The Bertz CT molecular complexity index is 1230. The predicted molar refractivity (Wildman–Crippen MR) is 123 cm³/mol. The third-order valence-corrected chi connectivity index (χ3v) is 5.12. The van der Waals surface area contributed by atoms with E-state index in [9.17, 15) is 9.59 Å². The molecule has 0 aliphatic carbocycles. The lowest BCUT2D eigenvalue weighted by Gasteiger charge is -2.10. The highest BCUT2D eigenvalue weighted by Gasteiger charge is 2.00. The maximum Gasteiger partial charge on any atom is 0.272 e. The van der Waals surface area contributed by atoms with Gasteiger partial charge in [0.15, 0.2) is 0 Å². The molecule has 3 rings (SSSR count). The Kier molecular flexibility index (Phi) is 7.43. The predicted octanol–water partition coefficient (Wildman–Crippen LogP) is 1.81. The number of rotatable bonds is 7. The highest BCUT2D eigenvalue weighted by molar-refractivity contribution is 9.10. The molecule has 1 aromatic heterocycles. The Morgan fingerprint density at radius 1 is 0.933 bits per heavy atom. The van der Waals surface area contributed by atoms with E-state index in [-0.39, 0.29) is 21.8 Å². The monoisotopic (exact) mass is 469 g/mol. The van der Waals surface area contributed by atoms with E-state index in [0.717, 1.165) is 34.3 Å². The van der Waals surface area contributed by atoms with Gasteiger partial charge in [-0.15, -0.1) is 0 Å². The summed E-state index contributed by atoms with van der Waals surface area (Å²) in [5.74, 6) is 0.770. The molecule has 30 heavy (non-hydrogen) atoms. The van der Waals surface area contributed by atoms with Crippen molar-refractivity contribution >= 4 is 28.1 Å². The highest BCUT2D eigenvalue weighted by atomic mass is 79.9. The molecule has 2 aromatic carbocycles. The summed E-state index contributed by atoms with van der Waals surface area (Å²) in [6, 6.07) is 14.9. The maximum absolute atomic E-state index is 12.5. The molecule has 0 saturated heterocycles. The third kappa shape index (κ3) is 6.05. The van der Waals surface area contributed by atoms with Crippen molar-refractivity contribution in [1.82, 2.24) is 14.9 Å². The van der Waals surface area contributed by atoms with E-state index >= 15 is 0 Å². The van der Waals surface area contributed by atoms with Crippen LogP contribution in [0.3, 0.4) is 0 Å². The summed E-state index contributed by atoms with van der Waals surface area (Å²) in [6.45, 7) is 1.61. The van der Waals surface area contributed by atoms with Crippen LogP contribution in [0, 0.1) is 0 Å². The number of H-pyrrole nitrogens is 2. The van der Waals surface area contributed by atoms with Crippen LogP contribution >= 0.6 is 15.9 Å². The summed E-state index contributed by atoms with van der Waals surface area (Å²) >= 11 is 3.43. The van der Waals surface area contributed by atoms with E-state index in [1.165, 1.54) is 0 Å². The van der Waals surface area contributed by atoms with E-state index in [1.807, 2.05) is 62.6 Å². The van der Waals surface area contributed by atoms with Gasteiger partial charge >= 0.3 is 0 Å². The molecule has 7 heteroatoms. The number of benzene rings is 2. The number of nitrogens with one attached hydrogen (secondary N) is 2. The Labute approximate surface area is 182 Å². The van der Waals surface area contributed by atoms with Crippen molar-refractivity contribution in [3.05, 3.63) is 95.5 Å². The first-order valence-corrected chi connectivity index (χ1v) is 10.4. The zero-order valence-electron chi connectivity index (χ0n) is 16.9. The third-order valence-electron chi connectivity index (χ3n) is 4.40. The normalized spacial score (nSPS) is 12.5. The zero-order valence-corrected chi connectivity index (χ0v) is 18.5. The second-order valence-corrected chi connectivity index (χ2v) is 7.97. The van der Waals surface area contributed by atoms with Gasteiger partial charge in [0.25, 0.3) is 11.1 Å². The number of aromatic nitrogens is 2. The summed E-state index contributed by atoms with van der Waals surface area (Å²) in [5.41, 5.74) is 0.866. The first-order valence-electron chi connectivity index (χ1n) is 9.60.